The van der Waals surface area contributed by atoms with Crippen LogP contribution in [0.2, 0.25) is 0 Å². The highest BCUT2D eigenvalue weighted by molar-refractivity contribution is 14.1. The van der Waals surface area contributed by atoms with Gasteiger partial charge in [0, 0.05) is 16.7 Å². The van der Waals surface area contributed by atoms with E-state index in [-0.39, 0.29) is 12.0 Å². The van der Waals surface area contributed by atoms with Crippen LogP contribution in [0.15, 0.2) is 18.2 Å². The molecule has 0 radical (unpaired) electrons. The van der Waals surface area contributed by atoms with Crippen molar-refractivity contribution in [3.63, 3.8) is 0 Å². The van der Waals surface area contributed by atoms with Gasteiger partial charge in [-0.1, -0.05) is 0 Å². The lowest BCUT2D eigenvalue weighted by Crippen LogP contribution is -2.32. The van der Waals surface area contributed by atoms with Gasteiger partial charge in [-0.2, -0.15) is 0 Å². The van der Waals surface area contributed by atoms with E-state index in [1.54, 1.807) is 6.07 Å². The Morgan fingerprint density at radius 2 is 2.41 bits per heavy atom. The monoisotopic (exact) mass is 349 g/mol. The number of ether oxygens (including phenoxy) is 1. The molecule has 1 fully saturated rings. The summed E-state index contributed by atoms with van der Waals surface area (Å²) in [5.41, 5.74) is 0.378. The quantitative estimate of drug-likeness (QED) is 0.851. The molecule has 0 aliphatic carbocycles. The molecule has 0 bridgehead atoms. The second kappa shape index (κ2) is 5.77. The largest absolute Gasteiger partial charge is 0.376 e. The molecule has 0 saturated carbocycles. The number of carbonyl (C=O) groups excluding carboxylic acids is 1. The minimum Gasteiger partial charge on any atom is -0.376 e. The number of halogens is 2. The van der Waals surface area contributed by atoms with Crippen LogP contribution in [0.25, 0.3) is 0 Å². The van der Waals surface area contributed by atoms with E-state index in [1.807, 2.05) is 22.6 Å². The third-order valence-corrected chi connectivity index (χ3v) is 3.63. The zero-order chi connectivity index (χ0) is 12.3. The second-order valence-electron chi connectivity index (χ2n) is 3.97. The van der Waals surface area contributed by atoms with Crippen molar-refractivity contribution in [3.8, 4) is 0 Å². The first-order valence-corrected chi connectivity index (χ1v) is 6.59. The summed E-state index contributed by atoms with van der Waals surface area (Å²) in [6.45, 7) is 1.25. The van der Waals surface area contributed by atoms with Crippen molar-refractivity contribution in [2.45, 2.75) is 18.9 Å². The molecule has 1 aliphatic heterocycles. The molecular formula is C12H13FINO2. The molecule has 1 aromatic rings. The van der Waals surface area contributed by atoms with Crippen molar-refractivity contribution in [3.05, 3.63) is 33.1 Å². The summed E-state index contributed by atoms with van der Waals surface area (Å²) in [4.78, 5) is 11.8. The lowest BCUT2D eigenvalue weighted by Gasteiger charge is -2.11. The Balaban J connectivity index is 1.96. The average molecular weight is 349 g/mol. The fraction of sp³-hybridized carbons (Fsp3) is 0.417. The molecule has 1 amide bonds. The van der Waals surface area contributed by atoms with E-state index in [1.165, 1.54) is 12.1 Å². The van der Waals surface area contributed by atoms with Gasteiger partial charge in [0.15, 0.2) is 0 Å². The van der Waals surface area contributed by atoms with Crippen LogP contribution in [0, 0.1) is 9.39 Å². The molecule has 2 rings (SSSR count). The topological polar surface area (TPSA) is 38.3 Å². The van der Waals surface area contributed by atoms with Crippen molar-refractivity contribution in [2.24, 2.45) is 0 Å². The number of hydrogen-bond acceptors (Lipinski definition) is 2. The van der Waals surface area contributed by atoms with E-state index in [0.717, 1.165) is 23.0 Å². The van der Waals surface area contributed by atoms with Crippen LogP contribution in [0.3, 0.4) is 0 Å². The lowest BCUT2D eigenvalue weighted by molar-refractivity contribution is 0.0856. The predicted octanol–water partition coefficient (Wildman–Crippen LogP) is 2.34. The average Bonchev–Trinajstić information content (AvgIpc) is 2.82. The van der Waals surface area contributed by atoms with E-state index >= 15 is 0 Å². The van der Waals surface area contributed by atoms with Crippen LogP contribution in [-0.4, -0.2) is 25.2 Å². The molecule has 1 atom stereocenters. The van der Waals surface area contributed by atoms with Gasteiger partial charge in [-0.15, -0.1) is 0 Å². The summed E-state index contributed by atoms with van der Waals surface area (Å²) in [6.07, 6.45) is 2.11. The predicted molar refractivity (Wildman–Crippen MR) is 70.4 cm³/mol. The highest BCUT2D eigenvalue weighted by atomic mass is 127. The Labute approximate surface area is 113 Å². The van der Waals surface area contributed by atoms with E-state index in [2.05, 4.69) is 5.32 Å². The van der Waals surface area contributed by atoms with Gasteiger partial charge in [-0.25, -0.2) is 4.39 Å². The summed E-state index contributed by atoms with van der Waals surface area (Å²) in [7, 11) is 0. The third-order valence-electron chi connectivity index (χ3n) is 2.69. The Morgan fingerprint density at radius 3 is 3.12 bits per heavy atom. The molecule has 1 aromatic carbocycles. The first-order valence-electron chi connectivity index (χ1n) is 5.51. The normalized spacial score (nSPS) is 19.3. The summed E-state index contributed by atoms with van der Waals surface area (Å²) in [5, 5.41) is 2.77. The Hall–Kier alpha value is -0.690. The van der Waals surface area contributed by atoms with E-state index in [9.17, 15) is 9.18 Å². The van der Waals surface area contributed by atoms with Crippen molar-refractivity contribution in [1.29, 1.82) is 0 Å². The molecule has 1 heterocycles. The number of carbonyl (C=O) groups is 1. The van der Waals surface area contributed by atoms with Crippen LogP contribution in [0.4, 0.5) is 4.39 Å². The molecule has 17 heavy (non-hydrogen) atoms. The summed E-state index contributed by atoms with van der Waals surface area (Å²) < 4.78 is 19.2. The molecule has 1 aliphatic rings. The molecular weight excluding hydrogens is 336 g/mol. The molecule has 1 N–H and O–H groups in total. The molecule has 92 valence electrons. The number of nitrogens with one attached hydrogen (secondary N) is 1. The Morgan fingerprint density at radius 1 is 1.59 bits per heavy atom. The fourth-order valence-electron chi connectivity index (χ4n) is 1.78. The minimum atomic E-state index is -0.396. The van der Waals surface area contributed by atoms with Gasteiger partial charge < -0.3 is 10.1 Å². The van der Waals surface area contributed by atoms with Crippen LogP contribution in [0.5, 0.6) is 0 Å². The van der Waals surface area contributed by atoms with Gasteiger partial charge in [0.25, 0.3) is 5.91 Å². The smallest absolute Gasteiger partial charge is 0.252 e. The maximum atomic E-state index is 13.0. The Kier molecular flexibility index (Phi) is 4.33. The zero-order valence-electron chi connectivity index (χ0n) is 9.21. The van der Waals surface area contributed by atoms with Crippen molar-refractivity contribution in [1.82, 2.24) is 5.32 Å². The van der Waals surface area contributed by atoms with Gasteiger partial charge in [0.05, 0.1) is 11.7 Å². The van der Waals surface area contributed by atoms with Gasteiger partial charge in [-0.05, 0) is 53.6 Å². The van der Waals surface area contributed by atoms with E-state index in [0.29, 0.717) is 12.1 Å². The van der Waals surface area contributed by atoms with Crippen molar-refractivity contribution >= 4 is 28.5 Å². The maximum Gasteiger partial charge on any atom is 0.252 e. The van der Waals surface area contributed by atoms with Crippen LogP contribution in [0.1, 0.15) is 23.2 Å². The fourth-order valence-corrected chi connectivity index (χ4v) is 2.36. The molecule has 3 nitrogen and oxygen atoms in total. The molecule has 5 heteroatoms. The number of rotatable bonds is 3. The van der Waals surface area contributed by atoms with Gasteiger partial charge in [0.1, 0.15) is 5.82 Å². The van der Waals surface area contributed by atoms with Gasteiger partial charge in [-0.3, -0.25) is 4.79 Å². The third kappa shape index (κ3) is 3.38. The lowest BCUT2D eigenvalue weighted by atomic mass is 10.2. The van der Waals surface area contributed by atoms with E-state index in [4.69, 9.17) is 4.74 Å². The Bertz CT molecular complexity index is 419. The molecule has 0 spiro atoms. The minimum absolute atomic E-state index is 0.102. The van der Waals surface area contributed by atoms with Crippen molar-refractivity contribution < 1.29 is 13.9 Å². The summed E-state index contributed by atoms with van der Waals surface area (Å²) in [6, 6.07) is 4.20. The van der Waals surface area contributed by atoms with Crippen LogP contribution in [-0.2, 0) is 4.74 Å². The molecule has 1 saturated heterocycles. The van der Waals surface area contributed by atoms with Crippen molar-refractivity contribution in [2.75, 3.05) is 13.2 Å². The summed E-state index contributed by atoms with van der Waals surface area (Å²) in [5.74, 6) is -0.642. The standard InChI is InChI=1S/C12H13FINO2/c13-8-3-4-11(14)10(6-8)12(16)15-7-9-2-1-5-17-9/h3-4,6,9H,1-2,5,7H2,(H,15,16). The van der Waals surface area contributed by atoms with Gasteiger partial charge >= 0.3 is 0 Å². The van der Waals surface area contributed by atoms with E-state index < -0.39 is 5.82 Å². The highest BCUT2D eigenvalue weighted by Gasteiger charge is 2.17. The highest BCUT2D eigenvalue weighted by Crippen LogP contribution is 2.14. The maximum absolute atomic E-state index is 13.0. The van der Waals surface area contributed by atoms with Crippen LogP contribution >= 0.6 is 22.6 Å². The number of amides is 1. The van der Waals surface area contributed by atoms with Gasteiger partial charge in [0.2, 0.25) is 0 Å². The summed E-state index contributed by atoms with van der Waals surface area (Å²) >= 11 is 2.02. The second-order valence-corrected chi connectivity index (χ2v) is 5.13. The first kappa shape index (κ1) is 12.8. The SMILES string of the molecule is O=C(NCC1CCCO1)c1cc(F)ccc1I. The number of benzene rings is 1. The van der Waals surface area contributed by atoms with Crippen LogP contribution < -0.4 is 5.32 Å². The molecule has 0 aromatic heterocycles. The zero-order valence-corrected chi connectivity index (χ0v) is 11.4. The number of hydrogen-bond donors (Lipinski definition) is 1. The molecule has 1 unspecified atom stereocenters. The first-order chi connectivity index (χ1) is 8.16.